The molecule has 0 atom stereocenters. The highest BCUT2D eigenvalue weighted by Crippen LogP contribution is 2.53. The molecular formula is C18H19F6N3O3S. The van der Waals surface area contributed by atoms with Crippen LogP contribution < -0.4 is 0 Å². The molecule has 6 nitrogen and oxygen atoms in total. The second kappa shape index (κ2) is 6.33. The van der Waals surface area contributed by atoms with Gasteiger partial charge in [-0.1, -0.05) is 0 Å². The lowest BCUT2D eigenvalue weighted by Gasteiger charge is -2.65. The van der Waals surface area contributed by atoms with Crippen LogP contribution in [0.25, 0.3) is 0 Å². The summed E-state index contributed by atoms with van der Waals surface area (Å²) < 4.78 is 110. The molecule has 1 aromatic rings. The van der Waals surface area contributed by atoms with Gasteiger partial charge in [-0.2, -0.15) is 30.6 Å². The summed E-state index contributed by atoms with van der Waals surface area (Å²) >= 11 is 0. The lowest BCUT2D eigenvalue weighted by atomic mass is 9.61. The van der Waals surface area contributed by atoms with E-state index >= 15 is 0 Å². The maximum atomic E-state index is 13.3. The standard InChI is InChI=1S/C18H19F6N3O3S/c19-17(20,21)13-2-1-12(14(25-13)18(22,23)24)31(28,29)27-7-16(8-27)5-26(6-16)11-3-15(4-11)9-30-10-15/h1-2,11H,3-10H2. The van der Waals surface area contributed by atoms with Crippen LogP contribution in [-0.4, -0.2) is 68.0 Å². The third-order valence-corrected chi connectivity index (χ3v) is 8.63. The number of pyridine rings is 1. The summed E-state index contributed by atoms with van der Waals surface area (Å²) in [7, 11) is -4.62. The molecule has 31 heavy (non-hydrogen) atoms. The summed E-state index contributed by atoms with van der Waals surface area (Å²) in [5.74, 6) is 0. The van der Waals surface area contributed by atoms with Crippen molar-refractivity contribution >= 4 is 10.0 Å². The predicted octanol–water partition coefficient (Wildman–Crippen LogP) is 2.60. The van der Waals surface area contributed by atoms with Crippen LogP contribution in [0.5, 0.6) is 0 Å². The molecule has 13 heteroatoms. The molecule has 3 aliphatic heterocycles. The highest BCUT2D eigenvalue weighted by Gasteiger charge is 2.60. The molecule has 0 amide bonds. The highest BCUT2D eigenvalue weighted by molar-refractivity contribution is 7.89. The number of hydrogen-bond donors (Lipinski definition) is 0. The third kappa shape index (κ3) is 3.35. The van der Waals surface area contributed by atoms with Crippen molar-refractivity contribution in [3.63, 3.8) is 0 Å². The number of nitrogens with zero attached hydrogens (tertiary/aromatic N) is 3. The minimum atomic E-state index is -5.34. The molecule has 0 N–H and O–H groups in total. The van der Waals surface area contributed by atoms with Gasteiger partial charge < -0.3 is 4.74 Å². The first-order valence-corrected chi connectivity index (χ1v) is 11.1. The fraction of sp³-hybridized carbons (Fsp3) is 0.722. The molecule has 5 rings (SSSR count). The summed E-state index contributed by atoms with van der Waals surface area (Å²) in [6, 6.07) is 1.04. The Labute approximate surface area is 174 Å². The Morgan fingerprint density at radius 2 is 1.55 bits per heavy atom. The van der Waals surface area contributed by atoms with Crippen molar-refractivity contribution in [1.29, 1.82) is 0 Å². The van der Waals surface area contributed by atoms with Gasteiger partial charge in [0.15, 0.2) is 5.69 Å². The lowest BCUT2D eigenvalue weighted by Crippen LogP contribution is -2.76. The number of likely N-dealkylation sites (tertiary alicyclic amines) is 1. The summed E-state index contributed by atoms with van der Waals surface area (Å²) in [4.78, 5) is 3.61. The second-order valence-electron chi connectivity index (χ2n) is 9.27. The summed E-state index contributed by atoms with van der Waals surface area (Å²) in [6.45, 7) is 2.97. The Morgan fingerprint density at radius 1 is 0.935 bits per heavy atom. The number of sulfonamides is 1. The highest BCUT2D eigenvalue weighted by atomic mass is 32.2. The van der Waals surface area contributed by atoms with Crippen LogP contribution in [0, 0.1) is 10.8 Å². The molecule has 0 bridgehead atoms. The normalized spacial score (nSPS) is 26.3. The molecule has 4 aliphatic rings. The van der Waals surface area contributed by atoms with Crippen LogP contribution >= 0.6 is 0 Å². The number of alkyl halides is 6. The molecule has 1 aromatic heterocycles. The van der Waals surface area contributed by atoms with Crippen LogP contribution in [0.3, 0.4) is 0 Å². The fourth-order valence-electron chi connectivity index (χ4n) is 5.12. The maximum Gasteiger partial charge on any atom is 0.434 e. The topological polar surface area (TPSA) is 62.7 Å². The third-order valence-electron chi connectivity index (χ3n) is 6.81. The summed E-state index contributed by atoms with van der Waals surface area (Å²) in [6.07, 6.45) is -8.39. The first kappa shape index (κ1) is 21.4. The molecule has 4 fully saturated rings. The van der Waals surface area contributed by atoms with Gasteiger partial charge in [-0.3, -0.25) is 4.90 Å². The quantitative estimate of drug-likeness (QED) is 0.635. The zero-order valence-electron chi connectivity index (χ0n) is 16.1. The molecule has 0 unspecified atom stereocenters. The van der Waals surface area contributed by atoms with Crippen LogP contribution in [0.2, 0.25) is 0 Å². The van der Waals surface area contributed by atoms with Gasteiger partial charge in [-0.05, 0) is 25.0 Å². The number of hydrogen-bond acceptors (Lipinski definition) is 5. The largest absolute Gasteiger partial charge is 0.434 e. The monoisotopic (exact) mass is 471 g/mol. The van der Waals surface area contributed by atoms with Crippen LogP contribution in [-0.2, 0) is 27.1 Å². The minimum absolute atomic E-state index is 0.0468. The first-order valence-electron chi connectivity index (χ1n) is 9.71. The second-order valence-corrected chi connectivity index (χ2v) is 11.2. The number of rotatable bonds is 3. The lowest BCUT2D eigenvalue weighted by molar-refractivity contribution is -0.211. The van der Waals surface area contributed by atoms with Gasteiger partial charge >= 0.3 is 12.4 Å². The van der Waals surface area contributed by atoms with E-state index < -0.39 is 38.7 Å². The van der Waals surface area contributed by atoms with Crippen molar-refractivity contribution in [3.8, 4) is 0 Å². The van der Waals surface area contributed by atoms with Crippen molar-refractivity contribution < 1.29 is 39.5 Å². The Balaban J connectivity index is 1.28. The maximum absolute atomic E-state index is 13.3. The molecule has 2 spiro atoms. The molecule has 4 heterocycles. The van der Waals surface area contributed by atoms with E-state index in [1.54, 1.807) is 0 Å². The summed E-state index contributed by atoms with van der Waals surface area (Å²) in [5, 5.41) is 0. The van der Waals surface area contributed by atoms with Crippen molar-refractivity contribution in [2.24, 2.45) is 10.8 Å². The zero-order valence-corrected chi connectivity index (χ0v) is 16.9. The Bertz CT molecular complexity index is 999. The van der Waals surface area contributed by atoms with E-state index in [4.69, 9.17) is 4.74 Å². The molecule has 1 saturated carbocycles. The average Bonchev–Trinajstić information content (AvgIpc) is 2.49. The van der Waals surface area contributed by atoms with Crippen LogP contribution in [0.15, 0.2) is 17.0 Å². The smallest absolute Gasteiger partial charge is 0.380 e. The van der Waals surface area contributed by atoms with E-state index in [2.05, 4.69) is 9.88 Å². The van der Waals surface area contributed by atoms with E-state index in [0.717, 1.165) is 30.4 Å². The van der Waals surface area contributed by atoms with Gasteiger partial charge in [-0.15, -0.1) is 0 Å². The van der Waals surface area contributed by atoms with Crippen molar-refractivity contribution in [2.45, 2.75) is 36.1 Å². The van der Waals surface area contributed by atoms with Crippen molar-refractivity contribution in [3.05, 3.63) is 23.5 Å². The molecule has 1 aliphatic carbocycles. The predicted molar refractivity (Wildman–Crippen MR) is 93.3 cm³/mol. The minimum Gasteiger partial charge on any atom is -0.380 e. The molecule has 0 radical (unpaired) electrons. The molecular weight excluding hydrogens is 452 g/mol. The first-order chi connectivity index (χ1) is 14.2. The van der Waals surface area contributed by atoms with Crippen LogP contribution in [0.1, 0.15) is 24.2 Å². The average molecular weight is 471 g/mol. The summed E-state index contributed by atoms with van der Waals surface area (Å²) in [5.41, 5.74) is -3.83. The van der Waals surface area contributed by atoms with E-state index in [9.17, 15) is 34.8 Å². The van der Waals surface area contributed by atoms with E-state index in [1.165, 1.54) is 0 Å². The van der Waals surface area contributed by atoms with Gasteiger partial charge in [0.05, 0.1) is 13.2 Å². The number of ether oxygens (including phenoxy) is 1. The van der Waals surface area contributed by atoms with Gasteiger partial charge in [0.25, 0.3) is 0 Å². The fourth-order valence-corrected chi connectivity index (χ4v) is 6.94. The van der Waals surface area contributed by atoms with Gasteiger partial charge in [0.1, 0.15) is 10.6 Å². The van der Waals surface area contributed by atoms with Crippen molar-refractivity contribution in [2.75, 3.05) is 39.4 Å². The van der Waals surface area contributed by atoms with Gasteiger partial charge in [0, 0.05) is 43.1 Å². The molecule has 3 saturated heterocycles. The number of aromatic nitrogens is 1. The van der Waals surface area contributed by atoms with Gasteiger partial charge in [-0.25, -0.2) is 13.4 Å². The van der Waals surface area contributed by atoms with E-state index in [-0.39, 0.29) is 24.6 Å². The van der Waals surface area contributed by atoms with Gasteiger partial charge in [0.2, 0.25) is 10.0 Å². The SMILES string of the molecule is O=S(=O)(c1ccc(C(F)(F)F)nc1C(F)(F)F)N1CC2(CN(C3CC4(COC4)C3)C2)C1. The zero-order chi connectivity index (χ0) is 22.4. The molecule has 172 valence electrons. The number of halogens is 6. The van der Waals surface area contributed by atoms with Crippen LogP contribution in [0.4, 0.5) is 26.3 Å². The van der Waals surface area contributed by atoms with E-state index in [0.29, 0.717) is 30.6 Å². The van der Waals surface area contributed by atoms with Crippen molar-refractivity contribution in [1.82, 2.24) is 14.2 Å². The Kier molecular flexibility index (Phi) is 4.37. The Morgan fingerprint density at radius 3 is 2.03 bits per heavy atom. The van der Waals surface area contributed by atoms with E-state index in [1.807, 2.05) is 0 Å². The molecule has 0 aromatic carbocycles. The Hall–Kier alpha value is -1.44.